The standard InChI is InChI=1S/C14H26O3S/c1-12(2,3)7-8-18-11(15)14(6)9-16-13(4,5)17-10-14/h7-10H2,1-6H3. The van der Waals surface area contributed by atoms with Crippen molar-refractivity contribution in [3.8, 4) is 0 Å². The van der Waals surface area contributed by atoms with Gasteiger partial charge in [0.1, 0.15) is 0 Å². The lowest BCUT2D eigenvalue weighted by atomic mass is 9.93. The normalized spacial score (nSPS) is 22.8. The fourth-order valence-corrected chi connectivity index (χ4v) is 2.86. The minimum absolute atomic E-state index is 0.183. The largest absolute Gasteiger partial charge is 0.349 e. The van der Waals surface area contributed by atoms with Crippen molar-refractivity contribution < 1.29 is 14.3 Å². The third kappa shape index (κ3) is 4.90. The predicted octanol–water partition coefficient (Wildman–Crippen LogP) is 3.47. The fourth-order valence-electron chi connectivity index (χ4n) is 1.49. The first-order valence-electron chi connectivity index (χ1n) is 6.49. The summed E-state index contributed by atoms with van der Waals surface area (Å²) in [5, 5.41) is 0.183. The molecule has 0 amide bonds. The van der Waals surface area contributed by atoms with Gasteiger partial charge in [0.2, 0.25) is 0 Å². The van der Waals surface area contributed by atoms with E-state index in [0.717, 1.165) is 12.2 Å². The summed E-state index contributed by atoms with van der Waals surface area (Å²) >= 11 is 1.41. The maximum atomic E-state index is 12.2. The summed E-state index contributed by atoms with van der Waals surface area (Å²) in [6.45, 7) is 13.1. The molecule has 0 unspecified atom stereocenters. The zero-order chi connectivity index (χ0) is 14.0. The number of carbonyl (C=O) groups is 1. The lowest BCUT2D eigenvalue weighted by molar-refractivity contribution is -0.275. The Bertz CT molecular complexity index is 295. The summed E-state index contributed by atoms with van der Waals surface area (Å²) in [6, 6.07) is 0. The van der Waals surface area contributed by atoms with Crippen LogP contribution in [-0.4, -0.2) is 29.9 Å². The van der Waals surface area contributed by atoms with E-state index in [1.54, 1.807) is 0 Å². The molecule has 18 heavy (non-hydrogen) atoms. The molecule has 0 aromatic carbocycles. The zero-order valence-corrected chi connectivity index (χ0v) is 13.3. The van der Waals surface area contributed by atoms with Gasteiger partial charge in [-0.15, -0.1) is 0 Å². The van der Waals surface area contributed by atoms with Gasteiger partial charge in [0.15, 0.2) is 10.9 Å². The van der Waals surface area contributed by atoms with E-state index in [1.165, 1.54) is 11.8 Å². The molecule has 0 N–H and O–H groups in total. The number of thioether (sulfide) groups is 1. The highest BCUT2D eigenvalue weighted by atomic mass is 32.2. The summed E-state index contributed by atoms with van der Waals surface area (Å²) in [5.74, 6) is 0.303. The van der Waals surface area contributed by atoms with Crippen LogP contribution in [0, 0.1) is 10.8 Å². The molecule has 0 saturated carbocycles. The first-order chi connectivity index (χ1) is 8.04. The molecule has 0 spiro atoms. The van der Waals surface area contributed by atoms with Crippen molar-refractivity contribution >= 4 is 16.9 Å². The molecule has 0 aromatic rings. The molecule has 4 heteroatoms. The van der Waals surface area contributed by atoms with Crippen LogP contribution in [-0.2, 0) is 14.3 Å². The van der Waals surface area contributed by atoms with Crippen molar-refractivity contribution in [2.24, 2.45) is 10.8 Å². The van der Waals surface area contributed by atoms with E-state index in [2.05, 4.69) is 20.8 Å². The number of ether oxygens (including phenoxy) is 2. The van der Waals surface area contributed by atoms with Gasteiger partial charge in [-0.3, -0.25) is 4.79 Å². The average molecular weight is 274 g/mol. The second kappa shape index (κ2) is 5.51. The molecule has 0 bridgehead atoms. The number of hydrogen-bond donors (Lipinski definition) is 0. The fraction of sp³-hybridized carbons (Fsp3) is 0.929. The Morgan fingerprint density at radius 1 is 1.17 bits per heavy atom. The van der Waals surface area contributed by atoms with Crippen LogP contribution in [0.1, 0.15) is 48.0 Å². The summed E-state index contributed by atoms with van der Waals surface area (Å²) in [4.78, 5) is 12.2. The van der Waals surface area contributed by atoms with E-state index in [0.29, 0.717) is 13.2 Å². The monoisotopic (exact) mass is 274 g/mol. The van der Waals surface area contributed by atoms with Gasteiger partial charge in [-0.1, -0.05) is 32.5 Å². The lowest BCUT2D eigenvalue weighted by Gasteiger charge is -2.40. The van der Waals surface area contributed by atoms with Gasteiger partial charge < -0.3 is 9.47 Å². The van der Waals surface area contributed by atoms with Gasteiger partial charge in [0.25, 0.3) is 0 Å². The first-order valence-corrected chi connectivity index (χ1v) is 7.48. The van der Waals surface area contributed by atoms with E-state index < -0.39 is 11.2 Å². The third-order valence-corrected chi connectivity index (χ3v) is 4.22. The smallest absolute Gasteiger partial charge is 0.199 e. The van der Waals surface area contributed by atoms with Crippen LogP contribution in [0.25, 0.3) is 0 Å². The zero-order valence-electron chi connectivity index (χ0n) is 12.5. The van der Waals surface area contributed by atoms with Crippen LogP contribution in [0.15, 0.2) is 0 Å². The van der Waals surface area contributed by atoms with E-state index in [4.69, 9.17) is 9.47 Å². The van der Waals surface area contributed by atoms with Crippen molar-refractivity contribution in [1.29, 1.82) is 0 Å². The Labute approximate surface area is 115 Å². The first kappa shape index (κ1) is 16.0. The molecule has 1 heterocycles. The topological polar surface area (TPSA) is 35.5 Å². The lowest BCUT2D eigenvalue weighted by Crippen LogP contribution is -2.48. The summed E-state index contributed by atoms with van der Waals surface area (Å²) < 4.78 is 11.2. The predicted molar refractivity (Wildman–Crippen MR) is 75.6 cm³/mol. The Hall–Kier alpha value is -0.0600. The maximum absolute atomic E-state index is 12.2. The molecule has 106 valence electrons. The van der Waals surface area contributed by atoms with Crippen LogP contribution in [0.2, 0.25) is 0 Å². The molecular formula is C14H26O3S. The van der Waals surface area contributed by atoms with Gasteiger partial charge in [0.05, 0.1) is 18.6 Å². The molecule has 1 rings (SSSR count). The van der Waals surface area contributed by atoms with Crippen LogP contribution in [0.5, 0.6) is 0 Å². The Morgan fingerprint density at radius 2 is 1.67 bits per heavy atom. The highest BCUT2D eigenvalue weighted by Crippen LogP contribution is 2.34. The highest BCUT2D eigenvalue weighted by Gasteiger charge is 2.42. The minimum Gasteiger partial charge on any atom is -0.349 e. The summed E-state index contributed by atoms with van der Waals surface area (Å²) in [6.07, 6.45) is 1.03. The van der Waals surface area contributed by atoms with Crippen molar-refractivity contribution in [1.82, 2.24) is 0 Å². The van der Waals surface area contributed by atoms with E-state index in [1.807, 2.05) is 20.8 Å². The van der Waals surface area contributed by atoms with Crippen molar-refractivity contribution in [2.75, 3.05) is 19.0 Å². The van der Waals surface area contributed by atoms with Crippen LogP contribution >= 0.6 is 11.8 Å². The second-order valence-corrected chi connectivity index (χ2v) is 8.05. The molecule has 0 atom stereocenters. The van der Waals surface area contributed by atoms with Crippen molar-refractivity contribution in [2.45, 2.75) is 53.8 Å². The molecule has 3 nitrogen and oxygen atoms in total. The third-order valence-electron chi connectivity index (χ3n) is 3.05. The maximum Gasteiger partial charge on any atom is 0.199 e. The second-order valence-electron chi connectivity index (χ2n) is 6.98. The Kier molecular flexibility index (Phi) is 4.90. The van der Waals surface area contributed by atoms with E-state index >= 15 is 0 Å². The van der Waals surface area contributed by atoms with Crippen molar-refractivity contribution in [3.05, 3.63) is 0 Å². The molecule has 1 fully saturated rings. The van der Waals surface area contributed by atoms with Gasteiger partial charge in [-0.25, -0.2) is 0 Å². The SMILES string of the molecule is CC(C)(C)CCSC(=O)C1(C)COC(C)(C)OC1. The molecule has 1 aliphatic rings. The molecule has 1 saturated heterocycles. The molecule has 0 aromatic heterocycles. The summed E-state index contributed by atoms with van der Waals surface area (Å²) in [7, 11) is 0. The van der Waals surface area contributed by atoms with Crippen molar-refractivity contribution in [3.63, 3.8) is 0 Å². The molecule has 0 aliphatic carbocycles. The van der Waals surface area contributed by atoms with E-state index in [9.17, 15) is 4.79 Å². The quantitative estimate of drug-likeness (QED) is 0.789. The Morgan fingerprint density at radius 3 is 2.11 bits per heavy atom. The molecule has 0 radical (unpaired) electrons. The van der Waals surface area contributed by atoms with Crippen LogP contribution < -0.4 is 0 Å². The number of hydrogen-bond acceptors (Lipinski definition) is 4. The number of rotatable bonds is 3. The highest BCUT2D eigenvalue weighted by molar-refractivity contribution is 8.13. The molecule has 1 aliphatic heterocycles. The van der Waals surface area contributed by atoms with Crippen LogP contribution in [0.4, 0.5) is 0 Å². The molecular weight excluding hydrogens is 248 g/mol. The van der Waals surface area contributed by atoms with Gasteiger partial charge in [-0.2, -0.15) is 0 Å². The Balaban J connectivity index is 2.42. The van der Waals surface area contributed by atoms with Gasteiger partial charge >= 0.3 is 0 Å². The average Bonchev–Trinajstić information content (AvgIpc) is 2.21. The van der Waals surface area contributed by atoms with Crippen LogP contribution in [0.3, 0.4) is 0 Å². The van der Waals surface area contributed by atoms with Gasteiger partial charge in [-0.05, 0) is 32.6 Å². The van der Waals surface area contributed by atoms with E-state index in [-0.39, 0.29) is 10.5 Å². The minimum atomic E-state index is -0.560. The van der Waals surface area contributed by atoms with Gasteiger partial charge in [0, 0.05) is 5.75 Å². The summed E-state index contributed by atoms with van der Waals surface area (Å²) in [5.41, 5.74) is -0.228. The number of carbonyl (C=O) groups excluding carboxylic acids is 1.